The Bertz CT molecular complexity index is 925. The Labute approximate surface area is 199 Å². The minimum absolute atomic E-state index is 0.137. The third kappa shape index (κ3) is 7.71. The monoisotopic (exact) mass is 482 g/mol. The predicted octanol–water partition coefficient (Wildman–Crippen LogP) is 6.30. The molecule has 2 rings (SSSR count). The Morgan fingerprint density at radius 2 is 1.68 bits per heavy atom. The lowest BCUT2D eigenvalue weighted by molar-refractivity contribution is -0.142. The molecule has 31 heavy (non-hydrogen) atoms. The number of carbonyl (C=O) groups excluding carboxylic acids is 2. The first-order valence-corrected chi connectivity index (χ1v) is 11.4. The van der Waals surface area contributed by atoms with E-state index in [-0.39, 0.29) is 24.8 Å². The van der Waals surface area contributed by atoms with Crippen LogP contribution in [0.15, 0.2) is 42.5 Å². The number of benzene rings is 2. The van der Waals surface area contributed by atoms with Gasteiger partial charge in [-0.15, -0.1) is 0 Å². The van der Waals surface area contributed by atoms with Gasteiger partial charge in [0.2, 0.25) is 11.8 Å². The molecule has 0 spiro atoms. The van der Waals surface area contributed by atoms with Gasteiger partial charge in [0.05, 0.1) is 0 Å². The first kappa shape index (κ1) is 25.5. The molecule has 4 nitrogen and oxygen atoms in total. The molecule has 2 aromatic carbocycles. The van der Waals surface area contributed by atoms with Crippen LogP contribution in [0, 0.1) is 0 Å². The summed E-state index contributed by atoms with van der Waals surface area (Å²) in [6, 6.07) is 12.0. The van der Waals surface area contributed by atoms with E-state index in [0.29, 0.717) is 27.9 Å². The average molecular weight is 484 g/mol. The van der Waals surface area contributed by atoms with E-state index in [9.17, 15) is 9.59 Å². The molecule has 0 saturated carbocycles. The van der Waals surface area contributed by atoms with Gasteiger partial charge >= 0.3 is 0 Å². The highest BCUT2D eigenvalue weighted by Gasteiger charge is 2.30. The highest BCUT2D eigenvalue weighted by Crippen LogP contribution is 2.25. The van der Waals surface area contributed by atoms with Gasteiger partial charge in [-0.1, -0.05) is 66.0 Å². The fourth-order valence-corrected chi connectivity index (χ4v) is 3.99. The summed E-state index contributed by atoms with van der Waals surface area (Å²) < 4.78 is 0. The number of halogens is 3. The summed E-state index contributed by atoms with van der Waals surface area (Å²) in [7, 11) is 0. The van der Waals surface area contributed by atoms with E-state index in [2.05, 4.69) is 5.32 Å². The van der Waals surface area contributed by atoms with E-state index in [0.717, 1.165) is 11.1 Å². The Morgan fingerprint density at radius 3 is 2.26 bits per heavy atom. The van der Waals surface area contributed by atoms with E-state index in [1.165, 1.54) is 0 Å². The number of amides is 2. The zero-order valence-electron chi connectivity index (χ0n) is 18.3. The van der Waals surface area contributed by atoms with Gasteiger partial charge in [0.25, 0.3) is 0 Å². The summed E-state index contributed by atoms with van der Waals surface area (Å²) in [6.07, 6.45) is 1.19. The second-order valence-corrected chi connectivity index (χ2v) is 9.76. The van der Waals surface area contributed by atoms with Gasteiger partial charge in [-0.3, -0.25) is 9.59 Å². The standard InChI is InChI=1S/C24H29Cl3N2O2/c1-5-21(23(31)28-24(2,3)4)29(15-17-10-12-18(25)14-20(17)27)22(30)13-11-16-8-6-7-9-19(16)26/h6-10,12,14,21H,5,11,13,15H2,1-4H3,(H,28,31). The van der Waals surface area contributed by atoms with Gasteiger partial charge in [0, 0.05) is 33.6 Å². The number of carbonyl (C=O) groups is 2. The number of aryl methyl sites for hydroxylation is 1. The number of nitrogens with one attached hydrogen (secondary N) is 1. The minimum atomic E-state index is -0.621. The van der Waals surface area contributed by atoms with E-state index in [1.54, 1.807) is 29.2 Å². The van der Waals surface area contributed by atoms with E-state index in [1.807, 2.05) is 45.9 Å². The molecule has 0 radical (unpaired) electrons. The molecule has 0 aliphatic carbocycles. The van der Waals surface area contributed by atoms with Crippen LogP contribution in [0.2, 0.25) is 15.1 Å². The molecule has 1 unspecified atom stereocenters. The van der Waals surface area contributed by atoms with Crippen LogP contribution in [0.3, 0.4) is 0 Å². The molecule has 0 saturated heterocycles. The Hall–Kier alpha value is -1.75. The summed E-state index contributed by atoms with van der Waals surface area (Å²) in [5.41, 5.74) is 1.22. The lowest BCUT2D eigenvalue weighted by Crippen LogP contribution is -2.53. The van der Waals surface area contributed by atoms with Crippen LogP contribution in [0.1, 0.15) is 51.7 Å². The first-order valence-electron chi connectivity index (χ1n) is 10.3. The van der Waals surface area contributed by atoms with Crippen LogP contribution >= 0.6 is 34.8 Å². The molecule has 1 atom stereocenters. The van der Waals surface area contributed by atoms with Gasteiger partial charge in [-0.2, -0.15) is 0 Å². The van der Waals surface area contributed by atoms with Crippen LogP contribution in [0.5, 0.6) is 0 Å². The molecule has 0 aliphatic heterocycles. The third-order valence-corrected chi connectivity index (χ3v) is 5.76. The van der Waals surface area contributed by atoms with Crippen molar-refractivity contribution in [1.29, 1.82) is 0 Å². The third-order valence-electron chi connectivity index (χ3n) is 4.81. The van der Waals surface area contributed by atoms with Crippen molar-refractivity contribution < 1.29 is 9.59 Å². The fraction of sp³-hybridized carbons (Fsp3) is 0.417. The van der Waals surface area contributed by atoms with Crippen LogP contribution in [0.4, 0.5) is 0 Å². The molecule has 2 aromatic rings. The van der Waals surface area contributed by atoms with Gasteiger partial charge in [-0.25, -0.2) is 0 Å². The zero-order valence-corrected chi connectivity index (χ0v) is 20.6. The van der Waals surface area contributed by atoms with Crippen molar-refractivity contribution in [3.63, 3.8) is 0 Å². The van der Waals surface area contributed by atoms with Crippen molar-refractivity contribution in [3.8, 4) is 0 Å². The summed E-state index contributed by atoms with van der Waals surface area (Å²) in [5, 5.41) is 4.59. The van der Waals surface area contributed by atoms with E-state index in [4.69, 9.17) is 34.8 Å². The molecule has 0 bridgehead atoms. The largest absolute Gasteiger partial charge is 0.350 e. The Morgan fingerprint density at radius 1 is 1.00 bits per heavy atom. The maximum atomic E-state index is 13.3. The summed E-state index contributed by atoms with van der Waals surface area (Å²) in [4.78, 5) is 27.9. The fourth-order valence-electron chi connectivity index (χ4n) is 3.29. The molecular weight excluding hydrogens is 455 g/mol. The topological polar surface area (TPSA) is 49.4 Å². The van der Waals surface area contributed by atoms with E-state index < -0.39 is 11.6 Å². The SMILES string of the molecule is CCC(C(=O)NC(C)(C)C)N(Cc1ccc(Cl)cc1Cl)C(=O)CCc1ccccc1Cl. The normalized spacial score (nSPS) is 12.4. The van der Waals surface area contributed by atoms with Crippen molar-refractivity contribution in [2.45, 2.75) is 65.1 Å². The number of hydrogen-bond donors (Lipinski definition) is 1. The molecule has 2 amide bonds. The second-order valence-electron chi connectivity index (χ2n) is 8.51. The number of rotatable bonds is 8. The number of hydrogen-bond acceptors (Lipinski definition) is 2. The summed E-state index contributed by atoms with van der Waals surface area (Å²) in [5.74, 6) is -0.326. The molecule has 0 aromatic heterocycles. The highest BCUT2D eigenvalue weighted by atomic mass is 35.5. The first-order chi connectivity index (χ1) is 14.5. The van der Waals surface area contributed by atoms with Crippen molar-refractivity contribution in [2.24, 2.45) is 0 Å². The lowest BCUT2D eigenvalue weighted by atomic mass is 10.0. The van der Waals surface area contributed by atoms with Crippen molar-refractivity contribution in [1.82, 2.24) is 10.2 Å². The van der Waals surface area contributed by atoms with Gasteiger partial charge < -0.3 is 10.2 Å². The van der Waals surface area contributed by atoms with E-state index >= 15 is 0 Å². The molecule has 7 heteroatoms. The van der Waals surface area contributed by atoms with Crippen LogP contribution in [0.25, 0.3) is 0 Å². The lowest BCUT2D eigenvalue weighted by Gasteiger charge is -2.33. The van der Waals surface area contributed by atoms with Crippen molar-refractivity contribution >= 4 is 46.6 Å². The maximum Gasteiger partial charge on any atom is 0.243 e. The second kappa shape index (κ2) is 11.2. The van der Waals surface area contributed by atoms with Crippen LogP contribution < -0.4 is 5.32 Å². The van der Waals surface area contributed by atoms with Gasteiger partial charge in [-0.05, 0) is 62.9 Å². The number of nitrogens with zero attached hydrogens (tertiary/aromatic N) is 1. The molecule has 1 N–H and O–H groups in total. The van der Waals surface area contributed by atoms with Gasteiger partial charge in [0.15, 0.2) is 0 Å². The van der Waals surface area contributed by atoms with Gasteiger partial charge in [0.1, 0.15) is 6.04 Å². The molecule has 0 heterocycles. The summed E-state index contributed by atoms with van der Waals surface area (Å²) >= 11 is 18.6. The summed E-state index contributed by atoms with van der Waals surface area (Å²) in [6.45, 7) is 7.85. The Balaban J connectivity index is 2.29. The van der Waals surface area contributed by atoms with Crippen LogP contribution in [-0.4, -0.2) is 28.3 Å². The minimum Gasteiger partial charge on any atom is -0.350 e. The zero-order chi connectivity index (χ0) is 23.2. The maximum absolute atomic E-state index is 13.3. The van der Waals surface area contributed by atoms with Crippen LogP contribution in [-0.2, 0) is 22.6 Å². The van der Waals surface area contributed by atoms with Crippen molar-refractivity contribution in [2.75, 3.05) is 0 Å². The average Bonchev–Trinajstić information content (AvgIpc) is 2.67. The molecule has 168 valence electrons. The highest BCUT2D eigenvalue weighted by molar-refractivity contribution is 6.35. The molecule has 0 fully saturated rings. The van der Waals surface area contributed by atoms with Crippen molar-refractivity contribution in [3.05, 3.63) is 68.7 Å². The predicted molar refractivity (Wildman–Crippen MR) is 129 cm³/mol. The molecule has 0 aliphatic rings. The smallest absolute Gasteiger partial charge is 0.243 e. The Kier molecular flexibility index (Phi) is 9.23. The molecular formula is C24H29Cl3N2O2. The quantitative estimate of drug-likeness (QED) is 0.479.